The van der Waals surface area contributed by atoms with E-state index in [0.29, 0.717) is 31.9 Å². The minimum atomic E-state index is -1.10. The van der Waals surface area contributed by atoms with Crippen LogP contribution in [0.15, 0.2) is 78.9 Å². The van der Waals surface area contributed by atoms with Crippen LogP contribution in [0.25, 0.3) is 11.0 Å². The number of para-hydroxylation sites is 1. The molecule has 2 amide bonds. The summed E-state index contributed by atoms with van der Waals surface area (Å²) >= 11 is 0. The molecule has 1 aromatic heterocycles. The van der Waals surface area contributed by atoms with Gasteiger partial charge in [0.2, 0.25) is 11.8 Å². The fourth-order valence-electron chi connectivity index (χ4n) is 4.87. The van der Waals surface area contributed by atoms with Crippen LogP contribution in [0.1, 0.15) is 25.8 Å². The quantitative estimate of drug-likeness (QED) is 0.353. The lowest BCUT2D eigenvalue weighted by Gasteiger charge is -2.39. The lowest BCUT2D eigenvalue weighted by atomic mass is 9.93. The minimum Gasteiger partial charge on any atom is -0.378 e. The fourth-order valence-corrected chi connectivity index (χ4v) is 4.87. The molecule has 39 heavy (non-hydrogen) atoms. The van der Waals surface area contributed by atoms with Gasteiger partial charge in [0.1, 0.15) is 17.6 Å². The average Bonchev–Trinajstić information content (AvgIpc) is 3.39. The van der Waals surface area contributed by atoms with E-state index in [4.69, 9.17) is 4.74 Å². The highest BCUT2D eigenvalue weighted by molar-refractivity contribution is 6.00. The molecule has 5 rings (SSSR count). The SMILES string of the molecule is CCC(C)(C(=O)Nc1ccc(N2CCOCC2)cc1)N(Cc1ccccc1)C(=O)Cn1nnc2ccccc21. The Balaban J connectivity index is 1.38. The third-order valence-electron chi connectivity index (χ3n) is 7.46. The third kappa shape index (κ3) is 5.78. The number of aromatic nitrogens is 3. The number of morpholine rings is 1. The molecule has 4 aromatic rings. The van der Waals surface area contributed by atoms with Crippen molar-refractivity contribution < 1.29 is 14.3 Å². The first-order chi connectivity index (χ1) is 19.0. The van der Waals surface area contributed by atoms with Crippen LogP contribution in [-0.2, 0) is 27.4 Å². The smallest absolute Gasteiger partial charge is 0.250 e. The van der Waals surface area contributed by atoms with Gasteiger partial charge in [-0.2, -0.15) is 0 Å². The number of hydrogen-bond acceptors (Lipinski definition) is 6. The summed E-state index contributed by atoms with van der Waals surface area (Å²) in [6, 6.07) is 25.1. The molecule has 0 saturated carbocycles. The summed E-state index contributed by atoms with van der Waals surface area (Å²) in [6.45, 7) is 7.13. The second-order valence-corrected chi connectivity index (χ2v) is 9.93. The van der Waals surface area contributed by atoms with E-state index >= 15 is 0 Å². The number of amides is 2. The van der Waals surface area contributed by atoms with Crippen molar-refractivity contribution in [1.82, 2.24) is 19.9 Å². The number of nitrogens with zero attached hydrogens (tertiary/aromatic N) is 5. The highest BCUT2D eigenvalue weighted by atomic mass is 16.5. The van der Waals surface area contributed by atoms with Gasteiger partial charge < -0.3 is 19.9 Å². The molecule has 0 radical (unpaired) electrons. The maximum atomic E-state index is 13.9. The number of ether oxygens (including phenoxy) is 1. The van der Waals surface area contributed by atoms with Gasteiger partial charge in [-0.3, -0.25) is 9.59 Å². The third-order valence-corrected chi connectivity index (χ3v) is 7.46. The van der Waals surface area contributed by atoms with E-state index in [1.54, 1.807) is 9.58 Å². The molecule has 1 aliphatic rings. The molecule has 2 heterocycles. The first kappa shape index (κ1) is 26.4. The monoisotopic (exact) mass is 526 g/mol. The lowest BCUT2D eigenvalue weighted by Crippen LogP contribution is -2.57. The van der Waals surface area contributed by atoms with E-state index in [2.05, 4.69) is 20.5 Å². The number of nitrogens with one attached hydrogen (secondary N) is 1. The van der Waals surface area contributed by atoms with Gasteiger partial charge in [0.15, 0.2) is 0 Å². The van der Waals surface area contributed by atoms with E-state index in [9.17, 15) is 9.59 Å². The van der Waals surface area contributed by atoms with Gasteiger partial charge in [-0.1, -0.05) is 54.6 Å². The maximum absolute atomic E-state index is 13.9. The van der Waals surface area contributed by atoms with Crippen molar-refractivity contribution in [2.24, 2.45) is 0 Å². The zero-order valence-corrected chi connectivity index (χ0v) is 22.4. The van der Waals surface area contributed by atoms with Gasteiger partial charge in [0.25, 0.3) is 0 Å². The van der Waals surface area contributed by atoms with Crippen molar-refractivity contribution in [3.63, 3.8) is 0 Å². The lowest BCUT2D eigenvalue weighted by molar-refractivity contribution is -0.146. The maximum Gasteiger partial charge on any atom is 0.250 e. The van der Waals surface area contributed by atoms with Gasteiger partial charge in [-0.25, -0.2) is 4.68 Å². The van der Waals surface area contributed by atoms with Crippen molar-refractivity contribution in [2.75, 3.05) is 36.5 Å². The number of hydrogen-bond donors (Lipinski definition) is 1. The zero-order chi connectivity index (χ0) is 27.2. The highest BCUT2D eigenvalue weighted by Crippen LogP contribution is 2.27. The molecule has 0 aliphatic carbocycles. The minimum absolute atomic E-state index is 0.0234. The van der Waals surface area contributed by atoms with Crippen LogP contribution >= 0.6 is 0 Å². The van der Waals surface area contributed by atoms with Crippen molar-refractivity contribution in [2.45, 2.75) is 38.9 Å². The Morgan fingerprint density at radius 3 is 2.38 bits per heavy atom. The number of carbonyl (C=O) groups is 2. The van der Waals surface area contributed by atoms with Gasteiger partial charge in [0, 0.05) is 31.0 Å². The number of rotatable bonds is 9. The standard InChI is InChI=1S/C30H34N6O3/c1-3-30(2,29(38)31-24-13-15-25(16-14-24)34-17-19-39-20-18-34)35(21-23-9-5-4-6-10-23)28(37)22-36-27-12-8-7-11-26(27)32-33-36/h4-16H,3,17-22H2,1-2H3,(H,31,38). The summed E-state index contributed by atoms with van der Waals surface area (Å²) in [7, 11) is 0. The summed E-state index contributed by atoms with van der Waals surface area (Å²) in [6.07, 6.45) is 0.432. The molecule has 1 aliphatic heterocycles. The average molecular weight is 527 g/mol. The zero-order valence-electron chi connectivity index (χ0n) is 22.4. The molecular weight excluding hydrogens is 492 g/mol. The molecule has 1 N–H and O–H groups in total. The van der Waals surface area contributed by atoms with E-state index in [1.807, 2.05) is 92.7 Å². The molecule has 0 spiro atoms. The van der Waals surface area contributed by atoms with Crippen LogP contribution in [0, 0.1) is 0 Å². The highest BCUT2D eigenvalue weighted by Gasteiger charge is 2.41. The van der Waals surface area contributed by atoms with Crippen molar-refractivity contribution in [3.05, 3.63) is 84.4 Å². The van der Waals surface area contributed by atoms with Gasteiger partial charge in [-0.05, 0) is 55.3 Å². The summed E-state index contributed by atoms with van der Waals surface area (Å²) in [5.74, 6) is -0.450. The normalized spacial score (nSPS) is 15.1. The van der Waals surface area contributed by atoms with Crippen LogP contribution < -0.4 is 10.2 Å². The molecule has 9 nitrogen and oxygen atoms in total. The molecule has 202 valence electrons. The second kappa shape index (κ2) is 11.7. The molecule has 1 unspecified atom stereocenters. The first-order valence-corrected chi connectivity index (χ1v) is 13.3. The second-order valence-electron chi connectivity index (χ2n) is 9.93. The predicted molar refractivity (Wildman–Crippen MR) is 151 cm³/mol. The van der Waals surface area contributed by atoms with Crippen molar-refractivity contribution >= 4 is 34.2 Å². The van der Waals surface area contributed by atoms with Crippen LogP contribution in [0.5, 0.6) is 0 Å². The van der Waals surface area contributed by atoms with Crippen LogP contribution in [0.2, 0.25) is 0 Å². The van der Waals surface area contributed by atoms with E-state index in [0.717, 1.165) is 35.4 Å². The Hall–Kier alpha value is -4.24. The Labute approximate surface area is 228 Å². The van der Waals surface area contributed by atoms with Crippen molar-refractivity contribution in [3.8, 4) is 0 Å². The molecule has 0 bridgehead atoms. The molecular formula is C30H34N6O3. The predicted octanol–water partition coefficient (Wildman–Crippen LogP) is 4.10. The number of anilines is 2. The Morgan fingerprint density at radius 2 is 1.67 bits per heavy atom. The largest absolute Gasteiger partial charge is 0.378 e. The Morgan fingerprint density at radius 1 is 0.974 bits per heavy atom. The van der Waals surface area contributed by atoms with Crippen LogP contribution in [0.3, 0.4) is 0 Å². The summed E-state index contributed by atoms with van der Waals surface area (Å²) in [5.41, 5.74) is 3.11. The molecule has 1 saturated heterocycles. The number of carbonyl (C=O) groups excluding carboxylic acids is 2. The van der Waals surface area contributed by atoms with Gasteiger partial charge >= 0.3 is 0 Å². The Kier molecular flexibility index (Phi) is 7.88. The van der Waals surface area contributed by atoms with Gasteiger partial charge in [0.05, 0.1) is 18.7 Å². The topological polar surface area (TPSA) is 92.6 Å². The van der Waals surface area contributed by atoms with Crippen LogP contribution in [-0.4, -0.2) is 63.6 Å². The first-order valence-electron chi connectivity index (χ1n) is 13.3. The number of fused-ring (bicyclic) bond motifs is 1. The van der Waals surface area contributed by atoms with Crippen molar-refractivity contribution in [1.29, 1.82) is 0 Å². The van der Waals surface area contributed by atoms with Crippen LogP contribution in [0.4, 0.5) is 11.4 Å². The molecule has 9 heteroatoms. The van der Waals surface area contributed by atoms with E-state index in [1.165, 1.54) is 0 Å². The van der Waals surface area contributed by atoms with E-state index < -0.39 is 5.54 Å². The molecule has 3 aromatic carbocycles. The summed E-state index contributed by atoms with van der Waals surface area (Å²) in [5, 5.41) is 11.4. The Bertz CT molecular complexity index is 1420. The molecule has 1 fully saturated rings. The summed E-state index contributed by atoms with van der Waals surface area (Å²) < 4.78 is 7.04. The fraction of sp³-hybridized carbons (Fsp3) is 0.333. The molecule has 1 atom stereocenters. The van der Waals surface area contributed by atoms with Gasteiger partial charge in [-0.15, -0.1) is 5.10 Å². The number of benzene rings is 3. The van der Waals surface area contributed by atoms with E-state index in [-0.39, 0.29) is 18.4 Å². The summed E-state index contributed by atoms with van der Waals surface area (Å²) in [4.78, 5) is 31.6.